The van der Waals surface area contributed by atoms with Gasteiger partial charge < -0.3 is 9.64 Å². The molecule has 1 aliphatic rings. The van der Waals surface area contributed by atoms with Crippen molar-refractivity contribution in [2.75, 3.05) is 26.8 Å². The standard InChI is InChI=1S/C14H15BrFNO2/c1-19-9-10-4-6-17(7-5-10)14(18)12-8-11(16)2-3-13(12)15/h2-4,8H,5-7,9H2,1H3. The van der Waals surface area contributed by atoms with Crippen LogP contribution in [0.25, 0.3) is 0 Å². The van der Waals surface area contributed by atoms with Gasteiger partial charge in [0.15, 0.2) is 0 Å². The fourth-order valence-electron chi connectivity index (χ4n) is 2.04. The summed E-state index contributed by atoms with van der Waals surface area (Å²) >= 11 is 3.28. The first-order valence-corrected chi connectivity index (χ1v) is 6.82. The molecule has 0 spiro atoms. The maximum Gasteiger partial charge on any atom is 0.255 e. The van der Waals surface area contributed by atoms with Crippen LogP contribution in [0.3, 0.4) is 0 Å². The molecule has 5 heteroatoms. The second-order valence-electron chi connectivity index (χ2n) is 4.42. The van der Waals surface area contributed by atoms with Crippen LogP contribution in [0, 0.1) is 5.82 Å². The number of methoxy groups -OCH3 is 1. The quantitative estimate of drug-likeness (QED) is 0.799. The maximum absolute atomic E-state index is 13.2. The van der Waals surface area contributed by atoms with Gasteiger partial charge >= 0.3 is 0 Å². The highest BCUT2D eigenvalue weighted by Gasteiger charge is 2.20. The van der Waals surface area contributed by atoms with Crippen molar-refractivity contribution in [2.45, 2.75) is 6.42 Å². The smallest absolute Gasteiger partial charge is 0.255 e. The van der Waals surface area contributed by atoms with Crippen LogP contribution in [-0.4, -0.2) is 37.6 Å². The fraction of sp³-hybridized carbons (Fsp3) is 0.357. The van der Waals surface area contributed by atoms with Crippen molar-refractivity contribution in [1.29, 1.82) is 0 Å². The molecule has 1 aromatic carbocycles. The van der Waals surface area contributed by atoms with Gasteiger partial charge in [0, 0.05) is 24.7 Å². The molecule has 1 aliphatic heterocycles. The topological polar surface area (TPSA) is 29.5 Å². The predicted octanol–water partition coefficient (Wildman–Crippen LogP) is 3.01. The summed E-state index contributed by atoms with van der Waals surface area (Å²) in [5, 5.41) is 0. The fourth-order valence-corrected chi connectivity index (χ4v) is 2.46. The van der Waals surface area contributed by atoms with E-state index in [1.165, 1.54) is 17.7 Å². The molecule has 1 amide bonds. The number of ether oxygens (including phenoxy) is 1. The third kappa shape index (κ3) is 3.42. The van der Waals surface area contributed by atoms with Crippen LogP contribution >= 0.6 is 15.9 Å². The van der Waals surface area contributed by atoms with E-state index in [9.17, 15) is 9.18 Å². The van der Waals surface area contributed by atoms with Gasteiger partial charge in [-0.1, -0.05) is 6.08 Å². The lowest BCUT2D eigenvalue weighted by atomic mass is 10.1. The highest BCUT2D eigenvalue weighted by Crippen LogP contribution is 2.21. The average Bonchev–Trinajstić information content (AvgIpc) is 2.42. The monoisotopic (exact) mass is 327 g/mol. The minimum absolute atomic E-state index is 0.154. The van der Waals surface area contributed by atoms with Crippen molar-refractivity contribution in [2.24, 2.45) is 0 Å². The van der Waals surface area contributed by atoms with Gasteiger partial charge in [0.1, 0.15) is 5.82 Å². The molecule has 102 valence electrons. The molecule has 19 heavy (non-hydrogen) atoms. The van der Waals surface area contributed by atoms with Gasteiger partial charge in [0.05, 0.1) is 12.2 Å². The third-order valence-corrected chi connectivity index (χ3v) is 3.77. The lowest BCUT2D eigenvalue weighted by Gasteiger charge is -2.26. The molecule has 0 fully saturated rings. The molecule has 0 unspecified atom stereocenters. The molecule has 0 aliphatic carbocycles. The minimum atomic E-state index is -0.404. The Balaban J connectivity index is 2.11. The highest BCUT2D eigenvalue weighted by molar-refractivity contribution is 9.10. The number of benzene rings is 1. The predicted molar refractivity (Wildman–Crippen MR) is 74.6 cm³/mol. The Kier molecular flexibility index (Phi) is 4.71. The van der Waals surface area contributed by atoms with E-state index in [0.29, 0.717) is 29.7 Å². The molecule has 0 atom stereocenters. The second-order valence-corrected chi connectivity index (χ2v) is 5.28. The van der Waals surface area contributed by atoms with Crippen molar-refractivity contribution in [3.8, 4) is 0 Å². The lowest BCUT2D eigenvalue weighted by molar-refractivity contribution is 0.0763. The molecule has 1 heterocycles. The summed E-state index contributed by atoms with van der Waals surface area (Å²) in [7, 11) is 1.65. The summed E-state index contributed by atoms with van der Waals surface area (Å²) in [6, 6.07) is 4.15. The summed E-state index contributed by atoms with van der Waals surface area (Å²) in [4.78, 5) is 14.0. The molecule has 0 saturated heterocycles. The van der Waals surface area contributed by atoms with Crippen molar-refractivity contribution < 1.29 is 13.9 Å². The van der Waals surface area contributed by atoms with E-state index in [2.05, 4.69) is 15.9 Å². The van der Waals surface area contributed by atoms with Crippen molar-refractivity contribution in [1.82, 2.24) is 4.90 Å². The highest BCUT2D eigenvalue weighted by atomic mass is 79.9. The first-order chi connectivity index (χ1) is 9.11. The number of rotatable bonds is 3. The molecule has 0 bridgehead atoms. The zero-order chi connectivity index (χ0) is 13.8. The molecule has 1 aromatic rings. The van der Waals surface area contributed by atoms with Crippen LogP contribution in [0.1, 0.15) is 16.8 Å². The molecule has 0 aromatic heterocycles. The average molecular weight is 328 g/mol. The summed E-state index contributed by atoms with van der Waals surface area (Å²) in [6.07, 6.45) is 2.80. The van der Waals surface area contributed by atoms with E-state index in [1.807, 2.05) is 6.08 Å². The largest absolute Gasteiger partial charge is 0.380 e. The molecule has 0 N–H and O–H groups in total. The van der Waals surface area contributed by atoms with E-state index >= 15 is 0 Å². The first kappa shape index (κ1) is 14.2. The SMILES string of the molecule is COCC1=CCN(C(=O)c2cc(F)ccc2Br)CC1. The molecule has 0 radical (unpaired) electrons. The number of carbonyl (C=O) groups is 1. The van der Waals surface area contributed by atoms with Crippen molar-refractivity contribution in [3.05, 3.63) is 45.7 Å². The van der Waals surface area contributed by atoms with Crippen molar-refractivity contribution in [3.63, 3.8) is 0 Å². The zero-order valence-electron chi connectivity index (χ0n) is 10.7. The molecule has 2 rings (SSSR count). The minimum Gasteiger partial charge on any atom is -0.380 e. The zero-order valence-corrected chi connectivity index (χ0v) is 12.2. The van der Waals surface area contributed by atoms with Crippen LogP contribution < -0.4 is 0 Å². The second kappa shape index (κ2) is 6.30. The number of nitrogens with zero attached hydrogens (tertiary/aromatic N) is 1. The number of amides is 1. The Morgan fingerprint density at radius 3 is 2.95 bits per heavy atom. The number of hydrogen-bond acceptors (Lipinski definition) is 2. The van der Waals surface area contributed by atoms with E-state index in [1.54, 1.807) is 18.1 Å². The van der Waals surface area contributed by atoms with Crippen LogP contribution in [0.4, 0.5) is 4.39 Å². The van der Waals surface area contributed by atoms with Crippen LogP contribution in [-0.2, 0) is 4.74 Å². The Bertz CT molecular complexity index is 516. The number of hydrogen-bond donors (Lipinski definition) is 0. The van der Waals surface area contributed by atoms with Gasteiger partial charge in [-0.15, -0.1) is 0 Å². The number of carbonyl (C=O) groups excluding carboxylic acids is 1. The number of halogens is 2. The Hall–Kier alpha value is -1.20. The summed E-state index contributed by atoms with van der Waals surface area (Å²) in [5.74, 6) is -0.557. The molecule has 0 saturated carbocycles. The lowest BCUT2D eigenvalue weighted by Crippen LogP contribution is -2.35. The van der Waals surface area contributed by atoms with Crippen LogP contribution in [0.15, 0.2) is 34.3 Å². The van der Waals surface area contributed by atoms with Gasteiger partial charge in [0.25, 0.3) is 5.91 Å². The summed E-state index contributed by atoms with van der Waals surface area (Å²) in [6.45, 7) is 1.78. The van der Waals surface area contributed by atoms with E-state index in [-0.39, 0.29) is 5.91 Å². The van der Waals surface area contributed by atoms with Crippen LogP contribution in [0.5, 0.6) is 0 Å². The maximum atomic E-state index is 13.2. The molecule has 3 nitrogen and oxygen atoms in total. The van der Waals surface area contributed by atoms with Gasteiger partial charge in [-0.3, -0.25) is 4.79 Å². The summed E-state index contributed by atoms with van der Waals surface area (Å²) < 4.78 is 18.9. The van der Waals surface area contributed by atoms with E-state index in [0.717, 1.165) is 6.42 Å². The first-order valence-electron chi connectivity index (χ1n) is 6.03. The van der Waals surface area contributed by atoms with E-state index in [4.69, 9.17) is 4.74 Å². The Labute approximate surface area is 120 Å². The normalized spacial score (nSPS) is 15.3. The Morgan fingerprint density at radius 1 is 1.53 bits per heavy atom. The van der Waals surface area contributed by atoms with Crippen molar-refractivity contribution >= 4 is 21.8 Å². The van der Waals surface area contributed by atoms with Crippen LogP contribution in [0.2, 0.25) is 0 Å². The molecular weight excluding hydrogens is 313 g/mol. The molecular formula is C14H15BrFNO2. The third-order valence-electron chi connectivity index (χ3n) is 3.08. The summed E-state index contributed by atoms with van der Waals surface area (Å²) in [5.41, 5.74) is 1.56. The van der Waals surface area contributed by atoms with Gasteiger partial charge in [-0.05, 0) is 46.1 Å². The van der Waals surface area contributed by atoms with Gasteiger partial charge in [0.2, 0.25) is 0 Å². The van der Waals surface area contributed by atoms with E-state index < -0.39 is 5.82 Å². The Morgan fingerprint density at radius 2 is 2.32 bits per heavy atom. The van der Waals surface area contributed by atoms with Gasteiger partial charge in [-0.25, -0.2) is 4.39 Å². The van der Waals surface area contributed by atoms with Gasteiger partial charge in [-0.2, -0.15) is 0 Å².